The molecule has 0 radical (unpaired) electrons. The van der Waals surface area contributed by atoms with E-state index in [1.54, 1.807) is 0 Å². The number of benzene rings is 2. The van der Waals surface area contributed by atoms with E-state index >= 15 is 0 Å². The summed E-state index contributed by atoms with van der Waals surface area (Å²) in [6.07, 6.45) is 0. The monoisotopic (exact) mass is 282 g/mol. The topological polar surface area (TPSA) is 17.1 Å². The first kappa shape index (κ1) is 13.7. The molecule has 0 aliphatic carbocycles. The Balaban J connectivity index is 2.05. The van der Waals surface area contributed by atoms with Crippen LogP contribution in [0.15, 0.2) is 47.4 Å². The molecule has 0 aliphatic heterocycles. The molecule has 0 amide bonds. The van der Waals surface area contributed by atoms with E-state index in [-0.39, 0.29) is 17.1 Å². The minimum atomic E-state index is -1.13. The van der Waals surface area contributed by atoms with Gasteiger partial charge in [0.25, 0.3) is 0 Å². The Bertz CT molecular complexity index is 596. The maximum absolute atomic E-state index is 13.4. The third-order valence-electron chi connectivity index (χ3n) is 2.44. The van der Waals surface area contributed by atoms with Crippen LogP contribution in [0.4, 0.5) is 13.2 Å². The summed E-state index contributed by atoms with van der Waals surface area (Å²) >= 11 is 1.14. The number of carbonyl (C=O) groups is 1. The first-order valence-electron chi connectivity index (χ1n) is 5.43. The second kappa shape index (κ2) is 5.93. The van der Waals surface area contributed by atoms with Crippen LogP contribution in [-0.2, 0) is 0 Å². The predicted octanol–water partition coefficient (Wildman–Crippen LogP) is 4.08. The van der Waals surface area contributed by atoms with Gasteiger partial charge in [0, 0.05) is 4.90 Å². The average molecular weight is 282 g/mol. The van der Waals surface area contributed by atoms with Crippen molar-refractivity contribution in [3.8, 4) is 0 Å². The molecule has 0 atom stereocenters. The summed E-state index contributed by atoms with van der Waals surface area (Å²) in [5, 5.41) is 0. The zero-order valence-corrected chi connectivity index (χ0v) is 10.5. The van der Waals surface area contributed by atoms with Crippen molar-refractivity contribution in [3.63, 3.8) is 0 Å². The van der Waals surface area contributed by atoms with E-state index in [1.165, 1.54) is 36.4 Å². The molecular weight excluding hydrogens is 273 g/mol. The Morgan fingerprint density at radius 2 is 1.68 bits per heavy atom. The van der Waals surface area contributed by atoms with Crippen LogP contribution >= 0.6 is 11.8 Å². The fourth-order valence-corrected chi connectivity index (χ4v) is 2.26. The molecule has 0 N–H and O–H groups in total. The second-order valence-electron chi connectivity index (χ2n) is 3.77. The molecule has 1 nitrogen and oxygen atoms in total. The van der Waals surface area contributed by atoms with Gasteiger partial charge >= 0.3 is 0 Å². The molecule has 0 unspecified atom stereocenters. The highest BCUT2D eigenvalue weighted by Crippen LogP contribution is 2.21. The molecule has 98 valence electrons. The van der Waals surface area contributed by atoms with Crippen LogP contribution in [0.3, 0.4) is 0 Å². The summed E-state index contributed by atoms with van der Waals surface area (Å²) in [6.45, 7) is 0. The number of hydrogen-bond acceptors (Lipinski definition) is 2. The van der Waals surface area contributed by atoms with E-state index in [0.717, 1.165) is 17.8 Å². The van der Waals surface area contributed by atoms with Gasteiger partial charge in [0.1, 0.15) is 5.82 Å². The van der Waals surface area contributed by atoms with Gasteiger partial charge in [-0.25, -0.2) is 13.2 Å². The average Bonchev–Trinajstić information content (AvgIpc) is 2.41. The number of thioether (sulfide) groups is 1. The largest absolute Gasteiger partial charge is 0.293 e. The van der Waals surface area contributed by atoms with Crippen molar-refractivity contribution in [2.75, 3.05) is 5.75 Å². The maximum atomic E-state index is 13.4. The van der Waals surface area contributed by atoms with Crippen molar-refractivity contribution in [3.05, 3.63) is 65.5 Å². The van der Waals surface area contributed by atoms with Gasteiger partial charge in [0.2, 0.25) is 0 Å². The number of halogens is 3. The van der Waals surface area contributed by atoms with Gasteiger partial charge in [0.15, 0.2) is 17.4 Å². The molecule has 0 bridgehead atoms. The molecular formula is C14H9F3OS. The van der Waals surface area contributed by atoms with Gasteiger partial charge in [-0.3, -0.25) is 4.79 Å². The summed E-state index contributed by atoms with van der Waals surface area (Å²) in [6, 6.07) is 9.08. The Morgan fingerprint density at radius 1 is 1.00 bits per heavy atom. The number of rotatable bonds is 4. The molecule has 19 heavy (non-hydrogen) atoms. The molecule has 5 heteroatoms. The predicted molar refractivity (Wildman–Crippen MR) is 67.8 cm³/mol. The van der Waals surface area contributed by atoms with E-state index < -0.39 is 17.4 Å². The Morgan fingerprint density at radius 3 is 2.37 bits per heavy atom. The second-order valence-corrected chi connectivity index (χ2v) is 4.82. The molecule has 2 aromatic rings. The SMILES string of the molecule is O=C(CSc1ccc(F)cc1)c1cccc(F)c1F. The highest BCUT2D eigenvalue weighted by molar-refractivity contribution is 8.00. The van der Waals surface area contributed by atoms with Crippen molar-refractivity contribution in [2.45, 2.75) is 4.90 Å². The minimum Gasteiger partial charge on any atom is -0.293 e. The van der Waals surface area contributed by atoms with Gasteiger partial charge in [-0.05, 0) is 36.4 Å². The highest BCUT2D eigenvalue weighted by Gasteiger charge is 2.15. The van der Waals surface area contributed by atoms with Gasteiger partial charge < -0.3 is 0 Å². The van der Waals surface area contributed by atoms with Gasteiger partial charge in [0.05, 0.1) is 11.3 Å². The van der Waals surface area contributed by atoms with Crippen LogP contribution in [0.5, 0.6) is 0 Å². The molecule has 0 aliphatic rings. The standard InChI is InChI=1S/C14H9F3OS/c15-9-4-6-10(7-5-9)19-8-13(18)11-2-1-3-12(16)14(11)17/h1-7H,8H2. The summed E-state index contributed by atoms with van der Waals surface area (Å²) in [7, 11) is 0. The summed E-state index contributed by atoms with van der Waals surface area (Å²) in [5.74, 6) is -3.09. The van der Waals surface area contributed by atoms with Crippen LogP contribution < -0.4 is 0 Å². The molecule has 0 saturated carbocycles. The van der Waals surface area contributed by atoms with E-state index in [4.69, 9.17) is 0 Å². The third-order valence-corrected chi connectivity index (χ3v) is 3.45. The number of hydrogen-bond donors (Lipinski definition) is 0. The number of carbonyl (C=O) groups excluding carboxylic acids is 1. The van der Waals surface area contributed by atoms with E-state index in [1.807, 2.05) is 0 Å². The van der Waals surface area contributed by atoms with Crippen LogP contribution in [-0.4, -0.2) is 11.5 Å². The van der Waals surface area contributed by atoms with Crippen LogP contribution in [0.25, 0.3) is 0 Å². The van der Waals surface area contributed by atoms with Crippen LogP contribution in [0.1, 0.15) is 10.4 Å². The molecule has 0 spiro atoms. The van der Waals surface area contributed by atoms with Crippen molar-refractivity contribution in [2.24, 2.45) is 0 Å². The first-order valence-corrected chi connectivity index (χ1v) is 6.42. The highest BCUT2D eigenvalue weighted by atomic mass is 32.2. The van der Waals surface area contributed by atoms with E-state index in [9.17, 15) is 18.0 Å². The van der Waals surface area contributed by atoms with Gasteiger partial charge in [-0.15, -0.1) is 11.8 Å². The number of Topliss-reactive ketones (excluding diaryl/α,β-unsaturated/α-hetero) is 1. The third kappa shape index (κ3) is 3.38. The van der Waals surface area contributed by atoms with Crippen LogP contribution in [0.2, 0.25) is 0 Å². The zero-order chi connectivity index (χ0) is 13.8. The smallest absolute Gasteiger partial charge is 0.176 e. The van der Waals surface area contributed by atoms with Gasteiger partial charge in [-0.1, -0.05) is 6.07 Å². The lowest BCUT2D eigenvalue weighted by Crippen LogP contribution is -2.06. The fourth-order valence-electron chi connectivity index (χ4n) is 1.48. The van der Waals surface area contributed by atoms with E-state index in [0.29, 0.717) is 4.90 Å². The first-order chi connectivity index (χ1) is 9.08. The summed E-state index contributed by atoms with van der Waals surface area (Å²) in [4.78, 5) is 12.4. The maximum Gasteiger partial charge on any atom is 0.176 e. The Labute approximate surface area is 112 Å². The quantitative estimate of drug-likeness (QED) is 0.621. The molecule has 0 aromatic heterocycles. The van der Waals surface area contributed by atoms with Crippen molar-refractivity contribution in [1.29, 1.82) is 0 Å². The molecule has 0 saturated heterocycles. The summed E-state index contributed by atoms with van der Waals surface area (Å²) < 4.78 is 39.0. The van der Waals surface area contributed by atoms with Crippen LogP contribution in [0, 0.1) is 17.5 Å². The van der Waals surface area contributed by atoms with Crippen molar-refractivity contribution < 1.29 is 18.0 Å². The molecule has 0 heterocycles. The minimum absolute atomic E-state index is 0.0357. The molecule has 2 rings (SSSR count). The van der Waals surface area contributed by atoms with Crippen molar-refractivity contribution >= 4 is 17.5 Å². The summed E-state index contributed by atoms with van der Waals surface area (Å²) in [5.41, 5.74) is -0.269. The lowest BCUT2D eigenvalue weighted by molar-refractivity contribution is 0.101. The normalized spacial score (nSPS) is 10.5. The Hall–Kier alpha value is -1.75. The Kier molecular flexibility index (Phi) is 4.27. The lowest BCUT2D eigenvalue weighted by Gasteiger charge is -2.03. The lowest BCUT2D eigenvalue weighted by atomic mass is 10.1. The molecule has 0 fully saturated rings. The van der Waals surface area contributed by atoms with E-state index in [2.05, 4.69) is 0 Å². The van der Waals surface area contributed by atoms with Crippen molar-refractivity contribution in [1.82, 2.24) is 0 Å². The zero-order valence-electron chi connectivity index (χ0n) is 9.70. The number of ketones is 1. The van der Waals surface area contributed by atoms with Gasteiger partial charge in [-0.2, -0.15) is 0 Å². The molecule has 2 aromatic carbocycles. The fraction of sp³-hybridized carbons (Fsp3) is 0.0714.